The Morgan fingerprint density at radius 2 is 1.83 bits per heavy atom. The van der Waals surface area contributed by atoms with Crippen molar-refractivity contribution < 1.29 is 28.4 Å². The van der Waals surface area contributed by atoms with Gasteiger partial charge >= 0.3 is 11.7 Å². The van der Waals surface area contributed by atoms with Gasteiger partial charge in [-0.1, -0.05) is 30.3 Å². The lowest BCUT2D eigenvalue weighted by molar-refractivity contribution is -0.387. The average molecular weight is 412 g/mol. The van der Waals surface area contributed by atoms with E-state index in [1.54, 1.807) is 12.1 Å². The molecule has 0 spiro atoms. The summed E-state index contributed by atoms with van der Waals surface area (Å²) in [7, 11) is 0. The minimum Gasteiger partial charge on any atom is -0.482 e. The average Bonchev–Trinajstić information content (AvgIpc) is 2.73. The topological polar surface area (TPSA) is 108 Å². The normalized spacial score (nSPS) is 11.5. The molecule has 1 amide bonds. The predicted molar refractivity (Wildman–Crippen MR) is 107 cm³/mol. The first-order chi connectivity index (χ1) is 14.3. The van der Waals surface area contributed by atoms with Gasteiger partial charge in [-0.2, -0.15) is 4.39 Å². The zero-order valence-corrected chi connectivity index (χ0v) is 15.8. The number of fused-ring (bicyclic) bond motifs is 1. The molecule has 0 unspecified atom stereocenters. The van der Waals surface area contributed by atoms with Crippen LogP contribution in [0.2, 0.25) is 0 Å². The molecule has 1 atom stereocenters. The summed E-state index contributed by atoms with van der Waals surface area (Å²) in [5.74, 6) is -2.05. The molecule has 0 aliphatic carbocycles. The molecule has 0 aliphatic rings. The number of anilines is 1. The van der Waals surface area contributed by atoms with Gasteiger partial charge in [0.25, 0.3) is 5.91 Å². The third kappa shape index (κ3) is 5.07. The molecule has 3 aromatic carbocycles. The lowest BCUT2D eigenvalue weighted by Gasteiger charge is -2.14. The number of carbonyl (C=O) groups is 2. The number of amides is 1. The quantitative estimate of drug-likeness (QED) is 0.359. The third-order valence-corrected chi connectivity index (χ3v) is 4.17. The molecule has 0 heterocycles. The summed E-state index contributed by atoms with van der Waals surface area (Å²) >= 11 is 0. The molecule has 3 rings (SSSR count). The third-order valence-electron chi connectivity index (χ3n) is 4.17. The number of carbonyl (C=O) groups excluding carboxylic acids is 2. The highest BCUT2D eigenvalue weighted by Crippen LogP contribution is 2.22. The summed E-state index contributed by atoms with van der Waals surface area (Å²) in [4.78, 5) is 34.0. The molecule has 0 radical (unpaired) electrons. The fourth-order valence-corrected chi connectivity index (χ4v) is 2.66. The first kappa shape index (κ1) is 20.7. The number of hydrogen-bond donors (Lipinski definition) is 1. The fraction of sp³-hybridized carbons (Fsp3) is 0.143. The Labute approximate surface area is 170 Å². The van der Waals surface area contributed by atoms with Gasteiger partial charge in [-0.15, -0.1) is 0 Å². The first-order valence-electron chi connectivity index (χ1n) is 8.89. The highest BCUT2D eigenvalue weighted by molar-refractivity contribution is 5.95. The zero-order chi connectivity index (χ0) is 21.7. The number of nitrogens with one attached hydrogen (secondary N) is 1. The number of ether oxygens (including phenoxy) is 2. The van der Waals surface area contributed by atoms with Gasteiger partial charge in [0.1, 0.15) is 5.75 Å². The van der Waals surface area contributed by atoms with Crippen molar-refractivity contribution in [3.8, 4) is 5.75 Å². The number of halogens is 1. The van der Waals surface area contributed by atoms with Crippen LogP contribution in [-0.4, -0.2) is 29.5 Å². The maximum absolute atomic E-state index is 13.4. The number of benzene rings is 3. The monoisotopic (exact) mass is 412 g/mol. The van der Waals surface area contributed by atoms with E-state index in [2.05, 4.69) is 5.32 Å². The van der Waals surface area contributed by atoms with Crippen molar-refractivity contribution in [2.45, 2.75) is 13.0 Å². The van der Waals surface area contributed by atoms with Crippen molar-refractivity contribution in [3.05, 3.63) is 76.6 Å². The van der Waals surface area contributed by atoms with Crippen LogP contribution >= 0.6 is 0 Å². The summed E-state index contributed by atoms with van der Waals surface area (Å²) in [6.07, 6.45) is -1.19. The molecule has 0 saturated carbocycles. The second-order valence-electron chi connectivity index (χ2n) is 6.34. The smallest absolute Gasteiger partial charge is 0.344 e. The summed E-state index contributed by atoms with van der Waals surface area (Å²) in [5.41, 5.74) is -0.773. The van der Waals surface area contributed by atoms with Gasteiger partial charge in [0.05, 0.1) is 4.92 Å². The maximum atomic E-state index is 13.4. The Morgan fingerprint density at radius 3 is 2.57 bits per heavy atom. The van der Waals surface area contributed by atoms with Crippen LogP contribution in [0, 0.1) is 15.9 Å². The van der Waals surface area contributed by atoms with Crippen LogP contribution < -0.4 is 10.1 Å². The molecule has 0 aromatic heterocycles. The van der Waals surface area contributed by atoms with E-state index >= 15 is 0 Å². The lowest BCUT2D eigenvalue weighted by Crippen LogP contribution is -2.31. The van der Waals surface area contributed by atoms with Crippen LogP contribution in [0.3, 0.4) is 0 Å². The van der Waals surface area contributed by atoms with Crippen molar-refractivity contribution in [1.29, 1.82) is 0 Å². The van der Waals surface area contributed by atoms with Gasteiger partial charge in [0.15, 0.2) is 12.7 Å². The second-order valence-corrected chi connectivity index (χ2v) is 6.34. The van der Waals surface area contributed by atoms with Gasteiger partial charge in [-0.05, 0) is 42.0 Å². The molecule has 154 valence electrons. The van der Waals surface area contributed by atoms with E-state index in [9.17, 15) is 24.1 Å². The highest BCUT2D eigenvalue weighted by atomic mass is 19.1. The van der Waals surface area contributed by atoms with Crippen LogP contribution in [0.5, 0.6) is 5.75 Å². The number of nitro groups is 1. The maximum Gasteiger partial charge on any atom is 0.344 e. The number of hydrogen-bond acceptors (Lipinski definition) is 6. The summed E-state index contributed by atoms with van der Waals surface area (Å²) in [6, 6.07) is 15.9. The number of nitro benzene ring substituents is 1. The Bertz CT molecular complexity index is 1120. The zero-order valence-electron chi connectivity index (χ0n) is 15.8. The fourth-order valence-electron chi connectivity index (χ4n) is 2.66. The van der Waals surface area contributed by atoms with E-state index in [1.807, 2.05) is 30.3 Å². The van der Waals surface area contributed by atoms with Crippen molar-refractivity contribution >= 4 is 34.0 Å². The molecule has 0 fully saturated rings. The van der Waals surface area contributed by atoms with Gasteiger partial charge in [-0.25, -0.2) is 4.79 Å². The lowest BCUT2D eigenvalue weighted by atomic mass is 10.1. The van der Waals surface area contributed by atoms with Gasteiger partial charge in [0.2, 0.25) is 5.82 Å². The Kier molecular flexibility index (Phi) is 6.21. The molecule has 0 saturated heterocycles. The van der Waals surface area contributed by atoms with E-state index in [1.165, 1.54) is 6.92 Å². The first-order valence-corrected chi connectivity index (χ1v) is 8.89. The largest absolute Gasteiger partial charge is 0.482 e. The molecular formula is C21H17FN2O6. The van der Waals surface area contributed by atoms with Gasteiger partial charge in [-0.3, -0.25) is 14.9 Å². The summed E-state index contributed by atoms with van der Waals surface area (Å²) in [6.45, 7) is 0.930. The Morgan fingerprint density at radius 1 is 1.10 bits per heavy atom. The van der Waals surface area contributed by atoms with E-state index < -0.39 is 41.0 Å². The van der Waals surface area contributed by atoms with E-state index in [0.29, 0.717) is 5.75 Å². The molecule has 0 bridgehead atoms. The minimum atomic E-state index is -1.19. The van der Waals surface area contributed by atoms with Crippen molar-refractivity contribution in [1.82, 2.24) is 0 Å². The molecule has 9 heteroatoms. The van der Waals surface area contributed by atoms with Crippen LogP contribution in [-0.2, 0) is 14.3 Å². The molecule has 1 N–H and O–H groups in total. The molecule has 30 heavy (non-hydrogen) atoms. The highest BCUT2D eigenvalue weighted by Gasteiger charge is 2.20. The SMILES string of the molecule is C[C@H](OC(=O)COc1ccc2ccccc2c1)C(=O)Nc1ccc(F)c([N+](=O)[O-])c1. The Balaban J connectivity index is 1.53. The van der Waals surface area contributed by atoms with Crippen LogP contribution in [0.1, 0.15) is 6.92 Å². The predicted octanol–water partition coefficient (Wildman–Crippen LogP) is 3.84. The standard InChI is InChI=1S/C21H17FN2O6/c1-13(21(26)23-16-7-9-18(22)19(11-16)24(27)28)30-20(25)12-29-17-8-6-14-4-2-3-5-15(14)10-17/h2-11,13H,12H2,1H3,(H,23,26)/t13-/m0/s1. The van der Waals surface area contributed by atoms with Crippen LogP contribution in [0.15, 0.2) is 60.7 Å². The number of rotatable bonds is 7. The summed E-state index contributed by atoms with van der Waals surface area (Å²) in [5, 5.41) is 15.1. The molecule has 0 aliphatic heterocycles. The minimum absolute atomic E-state index is 0.00316. The summed E-state index contributed by atoms with van der Waals surface area (Å²) < 4.78 is 23.8. The van der Waals surface area contributed by atoms with Crippen LogP contribution in [0.25, 0.3) is 10.8 Å². The van der Waals surface area contributed by atoms with Crippen molar-refractivity contribution in [2.24, 2.45) is 0 Å². The van der Waals surface area contributed by atoms with Gasteiger partial charge in [0, 0.05) is 11.8 Å². The molecule has 3 aromatic rings. The van der Waals surface area contributed by atoms with E-state index in [4.69, 9.17) is 9.47 Å². The van der Waals surface area contributed by atoms with Crippen molar-refractivity contribution in [2.75, 3.05) is 11.9 Å². The van der Waals surface area contributed by atoms with E-state index in [0.717, 1.165) is 29.0 Å². The molecular weight excluding hydrogens is 395 g/mol. The van der Waals surface area contributed by atoms with Gasteiger partial charge < -0.3 is 14.8 Å². The second kappa shape index (κ2) is 8.99. The van der Waals surface area contributed by atoms with Crippen LogP contribution in [0.4, 0.5) is 15.8 Å². The van der Waals surface area contributed by atoms with E-state index in [-0.39, 0.29) is 5.69 Å². The number of nitrogens with zero attached hydrogens (tertiary/aromatic N) is 1. The molecule has 8 nitrogen and oxygen atoms in total. The van der Waals surface area contributed by atoms with Crippen molar-refractivity contribution in [3.63, 3.8) is 0 Å². The number of esters is 1. The Hall–Kier alpha value is -4.01.